The fourth-order valence-corrected chi connectivity index (χ4v) is 3.19. The van der Waals surface area contributed by atoms with Gasteiger partial charge in [-0.25, -0.2) is 0 Å². The minimum absolute atomic E-state index is 0.0329. The van der Waals surface area contributed by atoms with E-state index >= 15 is 0 Å². The fourth-order valence-electron chi connectivity index (χ4n) is 3.19. The van der Waals surface area contributed by atoms with Crippen molar-refractivity contribution in [2.45, 2.75) is 32.9 Å². The van der Waals surface area contributed by atoms with Gasteiger partial charge in [0, 0.05) is 37.8 Å². The van der Waals surface area contributed by atoms with Crippen molar-refractivity contribution >= 4 is 11.8 Å². The first-order valence-electron chi connectivity index (χ1n) is 10.1. The molecule has 1 N–H and O–H groups in total. The van der Waals surface area contributed by atoms with E-state index in [0.29, 0.717) is 38.5 Å². The van der Waals surface area contributed by atoms with Crippen LogP contribution in [-0.4, -0.2) is 60.4 Å². The summed E-state index contributed by atoms with van der Waals surface area (Å²) in [5.41, 5.74) is 0.731. The Morgan fingerprint density at radius 1 is 1.14 bits per heavy atom. The lowest BCUT2D eigenvalue weighted by molar-refractivity contribution is -0.123. The second-order valence-electron chi connectivity index (χ2n) is 7.32. The zero-order valence-electron chi connectivity index (χ0n) is 17.1. The molecule has 1 aliphatic heterocycles. The Labute approximate surface area is 171 Å². The molecule has 1 aromatic carbocycles. The van der Waals surface area contributed by atoms with Crippen molar-refractivity contribution in [3.63, 3.8) is 0 Å². The maximum absolute atomic E-state index is 12.9. The van der Waals surface area contributed by atoms with Crippen molar-refractivity contribution in [3.05, 3.63) is 54.0 Å². The van der Waals surface area contributed by atoms with Crippen LogP contribution in [0, 0.1) is 0 Å². The summed E-state index contributed by atoms with van der Waals surface area (Å²) in [4.78, 5) is 28.8. The van der Waals surface area contributed by atoms with Crippen LogP contribution in [0.3, 0.4) is 0 Å². The molecule has 29 heavy (non-hydrogen) atoms. The molecule has 1 aliphatic rings. The molecule has 0 spiro atoms. The predicted octanol–water partition coefficient (Wildman–Crippen LogP) is 2.53. The summed E-state index contributed by atoms with van der Waals surface area (Å²) in [6, 6.07) is 11.4. The minimum Gasteiger partial charge on any atom is -0.489 e. The Morgan fingerprint density at radius 2 is 1.86 bits per heavy atom. The molecule has 1 fully saturated rings. The highest BCUT2D eigenvalue weighted by Crippen LogP contribution is 2.18. The quantitative estimate of drug-likeness (QED) is 0.738. The SMILES string of the molecule is CCC(C)NC(=O)CN1CCN(C(=O)c2occc2COc2ccccc2)CC1. The summed E-state index contributed by atoms with van der Waals surface area (Å²) in [7, 11) is 0. The van der Waals surface area contributed by atoms with Crippen LogP contribution < -0.4 is 10.1 Å². The van der Waals surface area contributed by atoms with Crippen LogP contribution in [0.1, 0.15) is 36.4 Å². The molecule has 3 rings (SSSR count). The number of hydrogen-bond donors (Lipinski definition) is 1. The molecular weight excluding hydrogens is 370 g/mol. The number of benzene rings is 1. The third kappa shape index (κ3) is 5.84. The number of amides is 2. The number of carbonyl (C=O) groups excluding carboxylic acids is 2. The normalized spacial score (nSPS) is 15.7. The number of furan rings is 1. The topological polar surface area (TPSA) is 75.0 Å². The molecule has 2 amide bonds. The second-order valence-corrected chi connectivity index (χ2v) is 7.32. The largest absolute Gasteiger partial charge is 0.489 e. The zero-order valence-corrected chi connectivity index (χ0v) is 17.1. The molecular formula is C22H29N3O4. The molecule has 1 unspecified atom stereocenters. The maximum Gasteiger partial charge on any atom is 0.290 e. The smallest absolute Gasteiger partial charge is 0.290 e. The molecule has 7 nitrogen and oxygen atoms in total. The lowest BCUT2D eigenvalue weighted by Crippen LogP contribution is -2.51. The fraction of sp³-hybridized carbons (Fsp3) is 0.455. The Balaban J connectivity index is 1.50. The molecule has 0 saturated carbocycles. The van der Waals surface area contributed by atoms with Gasteiger partial charge in [-0.1, -0.05) is 25.1 Å². The predicted molar refractivity (Wildman–Crippen MR) is 110 cm³/mol. The van der Waals surface area contributed by atoms with E-state index < -0.39 is 0 Å². The summed E-state index contributed by atoms with van der Waals surface area (Å²) >= 11 is 0. The standard InChI is InChI=1S/C22H29N3O4/c1-3-17(2)23-20(26)15-24-10-12-25(13-11-24)22(27)21-18(9-14-28-21)16-29-19-7-5-4-6-8-19/h4-9,14,17H,3,10-13,15-16H2,1-2H3,(H,23,26). The van der Waals surface area contributed by atoms with Gasteiger partial charge < -0.3 is 19.4 Å². The van der Waals surface area contributed by atoms with E-state index in [1.165, 1.54) is 6.26 Å². The summed E-state index contributed by atoms with van der Waals surface area (Å²) in [5.74, 6) is 0.969. The highest BCUT2D eigenvalue weighted by molar-refractivity contribution is 5.93. The lowest BCUT2D eigenvalue weighted by atomic mass is 10.2. The van der Waals surface area contributed by atoms with Crippen LogP contribution in [0.2, 0.25) is 0 Å². The Hall–Kier alpha value is -2.80. The number of ether oxygens (including phenoxy) is 1. The van der Waals surface area contributed by atoms with Crippen LogP contribution in [0.4, 0.5) is 0 Å². The van der Waals surface area contributed by atoms with E-state index in [9.17, 15) is 9.59 Å². The monoisotopic (exact) mass is 399 g/mol. The zero-order chi connectivity index (χ0) is 20.6. The Bertz CT molecular complexity index is 797. The highest BCUT2D eigenvalue weighted by atomic mass is 16.5. The van der Waals surface area contributed by atoms with Gasteiger partial charge in [-0.15, -0.1) is 0 Å². The van der Waals surface area contributed by atoms with Gasteiger partial charge >= 0.3 is 0 Å². The molecule has 0 bridgehead atoms. The average Bonchev–Trinajstić information content (AvgIpc) is 3.21. The van der Waals surface area contributed by atoms with E-state index in [-0.39, 0.29) is 24.5 Å². The summed E-state index contributed by atoms with van der Waals surface area (Å²) in [6.07, 6.45) is 2.43. The van der Waals surface area contributed by atoms with Crippen LogP contribution in [0.15, 0.2) is 47.1 Å². The van der Waals surface area contributed by atoms with Gasteiger partial charge in [0.1, 0.15) is 12.4 Å². The minimum atomic E-state index is -0.134. The third-order valence-electron chi connectivity index (χ3n) is 5.13. The number of para-hydroxylation sites is 1. The first-order valence-corrected chi connectivity index (χ1v) is 10.1. The first kappa shape index (κ1) is 20.9. The van der Waals surface area contributed by atoms with Crippen molar-refractivity contribution in [2.24, 2.45) is 0 Å². The number of rotatable bonds is 8. The molecule has 1 aromatic heterocycles. The van der Waals surface area contributed by atoms with Crippen LogP contribution in [-0.2, 0) is 11.4 Å². The number of carbonyl (C=O) groups is 2. The third-order valence-corrected chi connectivity index (χ3v) is 5.13. The summed E-state index contributed by atoms with van der Waals surface area (Å²) in [6.45, 7) is 7.14. The number of nitrogens with zero attached hydrogens (tertiary/aromatic N) is 2. The molecule has 2 heterocycles. The lowest BCUT2D eigenvalue weighted by Gasteiger charge is -2.34. The molecule has 0 aliphatic carbocycles. The molecule has 156 valence electrons. The van der Waals surface area contributed by atoms with E-state index in [1.807, 2.05) is 44.2 Å². The van der Waals surface area contributed by atoms with Crippen molar-refractivity contribution in [2.75, 3.05) is 32.7 Å². The maximum atomic E-state index is 12.9. The van der Waals surface area contributed by atoms with Gasteiger partial charge in [-0.2, -0.15) is 0 Å². The van der Waals surface area contributed by atoms with Crippen molar-refractivity contribution in [1.29, 1.82) is 0 Å². The van der Waals surface area contributed by atoms with Crippen molar-refractivity contribution in [3.8, 4) is 5.75 Å². The number of piperazine rings is 1. The molecule has 1 saturated heterocycles. The summed E-state index contributed by atoms with van der Waals surface area (Å²) in [5, 5.41) is 2.98. The molecule has 1 atom stereocenters. The van der Waals surface area contributed by atoms with Crippen LogP contribution >= 0.6 is 0 Å². The molecule has 2 aromatic rings. The average molecular weight is 399 g/mol. The molecule has 7 heteroatoms. The van der Waals surface area contributed by atoms with Gasteiger partial charge in [-0.3, -0.25) is 14.5 Å². The van der Waals surface area contributed by atoms with Gasteiger partial charge in [0.05, 0.1) is 12.8 Å². The Morgan fingerprint density at radius 3 is 2.55 bits per heavy atom. The van der Waals surface area contributed by atoms with Gasteiger partial charge in [-0.05, 0) is 31.5 Å². The summed E-state index contributed by atoms with van der Waals surface area (Å²) < 4.78 is 11.2. The van der Waals surface area contributed by atoms with Crippen LogP contribution in [0.25, 0.3) is 0 Å². The van der Waals surface area contributed by atoms with Crippen molar-refractivity contribution < 1.29 is 18.7 Å². The highest BCUT2D eigenvalue weighted by Gasteiger charge is 2.27. The van der Waals surface area contributed by atoms with Gasteiger partial charge in [0.15, 0.2) is 5.76 Å². The number of hydrogen-bond acceptors (Lipinski definition) is 5. The first-order chi connectivity index (χ1) is 14.1. The van der Waals surface area contributed by atoms with Crippen LogP contribution in [0.5, 0.6) is 5.75 Å². The van der Waals surface area contributed by atoms with E-state index in [2.05, 4.69) is 10.2 Å². The van der Waals surface area contributed by atoms with Crippen molar-refractivity contribution in [1.82, 2.24) is 15.1 Å². The van der Waals surface area contributed by atoms with E-state index in [4.69, 9.17) is 9.15 Å². The molecule has 0 radical (unpaired) electrons. The van der Waals surface area contributed by atoms with Gasteiger partial charge in [0.2, 0.25) is 5.91 Å². The van der Waals surface area contributed by atoms with E-state index in [0.717, 1.165) is 17.7 Å². The second kappa shape index (κ2) is 10.1. The van der Waals surface area contributed by atoms with E-state index in [1.54, 1.807) is 11.0 Å². The number of nitrogens with one attached hydrogen (secondary N) is 1. The Kier molecular flexibility index (Phi) is 7.30. The van der Waals surface area contributed by atoms with Gasteiger partial charge in [0.25, 0.3) is 5.91 Å².